The van der Waals surface area contributed by atoms with Crippen LogP contribution in [0, 0.1) is 0 Å². The van der Waals surface area contributed by atoms with Crippen LogP contribution >= 0.6 is 0 Å². The lowest BCUT2D eigenvalue weighted by atomic mass is 10.1. The van der Waals surface area contributed by atoms with Crippen molar-refractivity contribution in [3.63, 3.8) is 0 Å². The molecule has 1 rings (SSSR count). The first-order valence-electron chi connectivity index (χ1n) is 11.0. The maximum atomic E-state index is 11.9. The van der Waals surface area contributed by atoms with Gasteiger partial charge in [0.2, 0.25) is 0 Å². The van der Waals surface area contributed by atoms with Gasteiger partial charge in [-0.05, 0) is 57.4 Å². The second-order valence-electron chi connectivity index (χ2n) is 6.92. The molecule has 0 fully saturated rings. The van der Waals surface area contributed by atoms with Gasteiger partial charge < -0.3 is 19.5 Å². The molecule has 0 saturated heterocycles. The third kappa shape index (κ3) is 13.2. The van der Waals surface area contributed by atoms with Crippen LogP contribution in [0.3, 0.4) is 0 Å². The standard InChI is InChI=1S/C24H35NO6/c1-3-29-22(26)13-11-9-7-5-6-8-10-12-18-25-21-16-14-20(15-17-21)24(28)31-19-23(27)30-4-2/h10,12,14-17,25H,3-9,11,13,18-19H2,1-2H3/b12-10+. The Kier molecular flexibility index (Phi) is 14.3. The normalized spacial score (nSPS) is 10.6. The number of nitrogens with one attached hydrogen (secondary N) is 1. The lowest BCUT2D eigenvalue weighted by molar-refractivity contribution is -0.146. The topological polar surface area (TPSA) is 90.9 Å². The predicted octanol–water partition coefficient (Wildman–Crippen LogP) is 4.67. The summed E-state index contributed by atoms with van der Waals surface area (Å²) < 4.78 is 14.5. The van der Waals surface area contributed by atoms with E-state index < -0.39 is 11.9 Å². The molecular formula is C24H35NO6. The number of hydrogen-bond donors (Lipinski definition) is 1. The molecule has 0 heterocycles. The van der Waals surface area contributed by atoms with Crippen LogP contribution in [0.1, 0.15) is 69.2 Å². The molecule has 0 spiro atoms. The molecule has 0 aromatic heterocycles. The zero-order chi connectivity index (χ0) is 22.7. The molecule has 172 valence electrons. The number of esters is 3. The van der Waals surface area contributed by atoms with Crippen LogP contribution < -0.4 is 5.32 Å². The zero-order valence-corrected chi connectivity index (χ0v) is 18.7. The molecule has 1 N–H and O–H groups in total. The largest absolute Gasteiger partial charge is 0.466 e. The minimum Gasteiger partial charge on any atom is -0.466 e. The first-order chi connectivity index (χ1) is 15.1. The summed E-state index contributed by atoms with van der Waals surface area (Å²) in [5.41, 5.74) is 1.28. The van der Waals surface area contributed by atoms with E-state index in [1.807, 2.05) is 6.92 Å². The molecule has 0 aliphatic carbocycles. The minimum atomic E-state index is -0.560. The van der Waals surface area contributed by atoms with Crippen LogP contribution in [-0.2, 0) is 23.8 Å². The van der Waals surface area contributed by atoms with Gasteiger partial charge in [-0.2, -0.15) is 0 Å². The van der Waals surface area contributed by atoms with E-state index >= 15 is 0 Å². The summed E-state index contributed by atoms with van der Waals surface area (Å²) in [5.74, 6) is -1.21. The number of carbonyl (C=O) groups excluding carboxylic acids is 3. The number of anilines is 1. The monoisotopic (exact) mass is 433 g/mol. The van der Waals surface area contributed by atoms with Crippen LogP contribution in [0.4, 0.5) is 5.69 Å². The molecule has 31 heavy (non-hydrogen) atoms. The Labute approximate surface area is 185 Å². The number of carbonyl (C=O) groups is 3. The fourth-order valence-electron chi connectivity index (χ4n) is 2.81. The van der Waals surface area contributed by atoms with Crippen molar-refractivity contribution >= 4 is 23.6 Å². The summed E-state index contributed by atoms with van der Waals surface area (Å²) in [6, 6.07) is 6.90. The van der Waals surface area contributed by atoms with Crippen molar-refractivity contribution in [1.29, 1.82) is 0 Å². The van der Waals surface area contributed by atoms with Crippen molar-refractivity contribution in [1.82, 2.24) is 0 Å². The first-order valence-corrected chi connectivity index (χ1v) is 11.0. The number of ether oxygens (including phenoxy) is 3. The first kappa shape index (κ1) is 26.2. The molecule has 7 nitrogen and oxygen atoms in total. The number of allylic oxidation sites excluding steroid dienone is 1. The van der Waals surface area contributed by atoms with Gasteiger partial charge in [0.25, 0.3) is 0 Å². The van der Waals surface area contributed by atoms with Gasteiger partial charge in [0, 0.05) is 18.7 Å². The molecule has 7 heteroatoms. The van der Waals surface area contributed by atoms with Gasteiger partial charge in [-0.15, -0.1) is 0 Å². The Morgan fingerprint density at radius 3 is 2.16 bits per heavy atom. The van der Waals surface area contributed by atoms with Crippen molar-refractivity contribution in [3.05, 3.63) is 42.0 Å². The van der Waals surface area contributed by atoms with Gasteiger partial charge >= 0.3 is 17.9 Å². The van der Waals surface area contributed by atoms with Crippen molar-refractivity contribution in [2.75, 3.05) is 31.7 Å². The Morgan fingerprint density at radius 1 is 0.806 bits per heavy atom. The highest BCUT2D eigenvalue weighted by Crippen LogP contribution is 2.11. The SMILES string of the molecule is CCOC(=O)CCCCCCC/C=C/CNc1ccc(C(=O)OCC(=O)OCC)cc1. The van der Waals surface area contributed by atoms with E-state index in [9.17, 15) is 14.4 Å². The van der Waals surface area contributed by atoms with E-state index in [0.29, 0.717) is 25.1 Å². The average Bonchev–Trinajstić information content (AvgIpc) is 2.76. The fraction of sp³-hybridized carbons (Fsp3) is 0.542. The fourth-order valence-corrected chi connectivity index (χ4v) is 2.81. The molecule has 0 atom stereocenters. The Morgan fingerprint density at radius 2 is 1.45 bits per heavy atom. The van der Waals surface area contributed by atoms with Crippen LogP contribution in [0.5, 0.6) is 0 Å². The van der Waals surface area contributed by atoms with E-state index in [1.54, 1.807) is 31.2 Å². The van der Waals surface area contributed by atoms with Gasteiger partial charge in [0.05, 0.1) is 18.8 Å². The molecule has 1 aromatic rings. The Balaban J connectivity index is 2.10. The molecule has 1 aromatic carbocycles. The highest BCUT2D eigenvalue weighted by molar-refractivity contribution is 5.91. The molecule has 0 aliphatic rings. The number of benzene rings is 1. The maximum Gasteiger partial charge on any atom is 0.344 e. The summed E-state index contributed by atoms with van der Waals surface area (Å²) in [6.07, 6.45) is 11.2. The maximum absolute atomic E-state index is 11.9. The van der Waals surface area contributed by atoms with Gasteiger partial charge in [-0.3, -0.25) is 4.79 Å². The molecule has 0 saturated carbocycles. The van der Waals surface area contributed by atoms with E-state index in [4.69, 9.17) is 14.2 Å². The average molecular weight is 434 g/mol. The second kappa shape index (κ2) is 16.9. The van der Waals surface area contributed by atoms with E-state index in [-0.39, 0.29) is 19.2 Å². The lowest BCUT2D eigenvalue weighted by Crippen LogP contribution is -2.16. The smallest absolute Gasteiger partial charge is 0.344 e. The summed E-state index contributed by atoms with van der Waals surface area (Å²) in [5, 5.41) is 3.26. The minimum absolute atomic E-state index is 0.0958. The molecule has 0 unspecified atom stereocenters. The molecule has 0 aliphatic heterocycles. The molecule has 0 bridgehead atoms. The van der Waals surface area contributed by atoms with Gasteiger partial charge in [0.1, 0.15) is 0 Å². The summed E-state index contributed by atoms with van der Waals surface area (Å²) in [7, 11) is 0. The van der Waals surface area contributed by atoms with Crippen molar-refractivity contribution in [3.8, 4) is 0 Å². The molecule has 0 radical (unpaired) electrons. The number of unbranched alkanes of at least 4 members (excludes halogenated alkanes) is 5. The van der Waals surface area contributed by atoms with E-state index in [0.717, 1.165) is 44.2 Å². The van der Waals surface area contributed by atoms with E-state index in [2.05, 4.69) is 17.5 Å². The Hall–Kier alpha value is -2.83. The van der Waals surface area contributed by atoms with Crippen LogP contribution in [-0.4, -0.2) is 44.3 Å². The highest BCUT2D eigenvalue weighted by atomic mass is 16.6. The van der Waals surface area contributed by atoms with Gasteiger partial charge in [-0.1, -0.05) is 31.4 Å². The predicted molar refractivity (Wildman–Crippen MR) is 120 cm³/mol. The third-order valence-corrected chi connectivity index (χ3v) is 4.39. The lowest BCUT2D eigenvalue weighted by Gasteiger charge is -2.06. The van der Waals surface area contributed by atoms with Crippen molar-refractivity contribution in [2.45, 2.75) is 58.8 Å². The van der Waals surface area contributed by atoms with Crippen LogP contribution in [0.25, 0.3) is 0 Å². The number of rotatable bonds is 16. The molecular weight excluding hydrogens is 398 g/mol. The van der Waals surface area contributed by atoms with Gasteiger partial charge in [-0.25, -0.2) is 9.59 Å². The summed E-state index contributed by atoms with van der Waals surface area (Å²) in [4.78, 5) is 34.3. The summed E-state index contributed by atoms with van der Waals surface area (Å²) >= 11 is 0. The zero-order valence-electron chi connectivity index (χ0n) is 18.7. The quantitative estimate of drug-likeness (QED) is 0.175. The van der Waals surface area contributed by atoms with Crippen LogP contribution in [0.2, 0.25) is 0 Å². The van der Waals surface area contributed by atoms with Crippen LogP contribution in [0.15, 0.2) is 36.4 Å². The van der Waals surface area contributed by atoms with E-state index in [1.165, 1.54) is 0 Å². The summed E-state index contributed by atoms with van der Waals surface area (Å²) in [6.45, 7) is 4.55. The Bertz CT molecular complexity index is 684. The second-order valence-corrected chi connectivity index (χ2v) is 6.92. The highest BCUT2D eigenvalue weighted by Gasteiger charge is 2.10. The van der Waals surface area contributed by atoms with Crippen molar-refractivity contribution in [2.24, 2.45) is 0 Å². The van der Waals surface area contributed by atoms with Crippen molar-refractivity contribution < 1.29 is 28.6 Å². The van der Waals surface area contributed by atoms with Gasteiger partial charge in [0.15, 0.2) is 6.61 Å². The molecule has 0 amide bonds. The number of hydrogen-bond acceptors (Lipinski definition) is 7. The third-order valence-electron chi connectivity index (χ3n) is 4.39.